The maximum Gasteiger partial charge on any atom is 0.328 e. The average molecular weight is 344 g/mol. The average Bonchev–Trinajstić information content (AvgIpc) is 2.53. The first kappa shape index (κ1) is 19.9. The van der Waals surface area contributed by atoms with Crippen LogP contribution in [0.3, 0.4) is 0 Å². The fraction of sp³-hybridized carbons (Fsp3) is 0.733. The van der Waals surface area contributed by atoms with Crippen LogP contribution in [0, 0.1) is 0 Å². The number of methoxy groups -OCH3 is 1. The van der Waals surface area contributed by atoms with E-state index in [-0.39, 0.29) is 6.10 Å². The van der Waals surface area contributed by atoms with Gasteiger partial charge in [-0.15, -0.1) is 0 Å². The highest BCUT2D eigenvalue weighted by Gasteiger charge is 2.29. The van der Waals surface area contributed by atoms with Crippen molar-refractivity contribution in [2.75, 3.05) is 7.11 Å². The smallest absolute Gasteiger partial charge is 0.328 e. The Hall–Kier alpha value is -2.16. The Balaban J connectivity index is 2.57. The van der Waals surface area contributed by atoms with E-state index < -0.39 is 48.7 Å². The van der Waals surface area contributed by atoms with Crippen molar-refractivity contribution in [1.29, 1.82) is 0 Å². The van der Waals surface area contributed by atoms with Crippen LogP contribution in [-0.4, -0.2) is 54.2 Å². The van der Waals surface area contributed by atoms with E-state index in [1.807, 2.05) is 0 Å². The lowest BCUT2D eigenvalue weighted by atomic mass is 9.98. The Bertz CT molecular complexity index is 474. The molecule has 0 saturated heterocycles. The molecule has 0 aromatic rings. The van der Waals surface area contributed by atoms with Crippen molar-refractivity contribution in [2.24, 2.45) is 5.73 Å². The molecule has 2 atom stereocenters. The molecule has 136 valence electrons. The summed E-state index contributed by atoms with van der Waals surface area (Å²) >= 11 is 0. The summed E-state index contributed by atoms with van der Waals surface area (Å²) in [6.07, 6.45) is 3.49. The molecule has 1 aliphatic carbocycles. The number of nitrogens with two attached hydrogens (primary N) is 1. The van der Waals surface area contributed by atoms with Crippen molar-refractivity contribution < 1.29 is 33.8 Å². The van der Waals surface area contributed by atoms with Crippen molar-refractivity contribution in [3.05, 3.63) is 0 Å². The van der Waals surface area contributed by atoms with Crippen molar-refractivity contribution in [3.63, 3.8) is 0 Å². The van der Waals surface area contributed by atoms with Crippen LogP contribution >= 0.6 is 0 Å². The lowest BCUT2D eigenvalue weighted by molar-refractivity contribution is -0.156. The van der Waals surface area contributed by atoms with Crippen molar-refractivity contribution >= 4 is 23.8 Å². The summed E-state index contributed by atoms with van der Waals surface area (Å²) in [5, 5.41) is 10.9. The molecule has 1 fully saturated rings. The fourth-order valence-electron chi connectivity index (χ4n) is 2.48. The molecule has 24 heavy (non-hydrogen) atoms. The molecule has 1 amide bonds. The lowest BCUT2D eigenvalue weighted by Gasteiger charge is -2.23. The van der Waals surface area contributed by atoms with Gasteiger partial charge in [0.25, 0.3) is 0 Å². The van der Waals surface area contributed by atoms with E-state index in [1.54, 1.807) is 0 Å². The Kier molecular flexibility index (Phi) is 8.17. The normalized spacial score (nSPS) is 17.4. The van der Waals surface area contributed by atoms with Crippen molar-refractivity contribution in [1.82, 2.24) is 5.32 Å². The number of esters is 2. The monoisotopic (exact) mass is 344 g/mol. The summed E-state index contributed by atoms with van der Waals surface area (Å²) in [6.45, 7) is 0. The Morgan fingerprint density at radius 2 is 1.79 bits per heavy atom. The molecule has 0 spiro atoms. The SMILES string of the molecule is COC(=O)C(CC(=O)OC1CCCCC1)NC(=O)C(N)CC(=O)O. The van der Waals surface area contributed by atoms with Gasteiger partial charge in [-0.05, 0) is 25.7 Å². The molecule has 9 heteroatoms. The molecular formula is C15H24N2O7. The first-order valence-corrected chi connectivity index (χ1v) is 7.88. The maximum atomic E-state index is 12.0. The van der Waals surface area contributed by atoms with Gasteiger partial charge in [0.2, 0.25) is 5.91 Å². The maximum absolute atomic E-state index is 12.0. The number of carbonyl (C=O) groups is 4. The first-order chi connectivity index (χ1) is 11.3. The Morgan fingerprint density at radius 3 is 2.33 bits per heavy atom. The van der Waals surface area contributed by atoms with E-state index in [1.165, 1.54) is 0 Å². The molecule has 0 heterocycles. The summed E-state index contributed by atoms with van der Waals surface area (Å²) in [5.74, 6) is -3.54. The number of carboxylic acid groups (broad SMARTS) is 1. The molecule has 0 aromatic heterocycles. The predicted octanol–water partition coefficient (Wildman–Crippen LogP) is -0.288. The molecule has 2 unspecified atom stereocenters. The van der Waals surface area contributed by atoms with E-state index in [0.717, 1.165) is 39.2 Å². The van der Waals surface area contributed by atoms with E-state index in [9.17, 15) is 19.2 Å². The topological polar surface area (TPSA) is 145 Å². The molecule has 1 saturated carbocycles. The van der Waals surface area contributed by atoms with Gasteiger partial charge >= 0.3 is 17.9 Å². The molecule has 0 aromatic carbocycles. The summed E-state index contributed by atoms with van der Waals surface area (Å²) in [6, 6.07) is -2.59. The Morgan fingerprint density at radius 1 is 1.17 bits per heavy atom. The largest absolute Gasteiger partial charge is 0.481 e. The van der Waals surface area contributed by atoms with Gasteiger partial charge in [-0.1, -0.05) is 6.42 Å². The summed E-state index contributed by atoms with van der Waals surface area (Å²) in [4.78, 5) is 46.1. The van der Waals surface area contributed by atoms with Crippen LogP contribution in [0.25, 0.3) is 0 Å². The van der Waals surface area contributed by atoms with E-state index >= 15 is 0 Å². The second-order valence-corrected chi connectivity index (χ2v) is 5.74. The van der Waals surface area contributed by atoms with Gasteiger partial charge in [0.15, 0.2) is 0 Å². The van der Waals surface area contributed by atoms with E-state index in [0.29, 0.717) is 0 Å². The number of amides is 1. The molecule has 0 aliphatic heterocycles. The molecule has 0 bridgehead atoms. The summed E-state index contributed by atoms with van der Waals surface area (Å²) in [7, 11) is 1.12. The number of carboxylic acids is 1. The predicted molar refractivity (Wildman–Crippen MR) is 81.8 cm³/mol. The van der Waals surface area contributed by atoms with Crippen LogP contribution in [0.4, 0.5) is 0 Å². The third kappa shape index (κ3) is 6.95. The minimum atomic E-state index is -1.33. The first-order valence-electron chi connectivity index (χ1n) is 7.88. The van der Waals surface area contributed by atoms with Gasteiger partial charge in [-0.2, -0.15) is 0 Å². The van der Waals surface area contributed by atoms with Gasteiger partial charge in [-0.25, -0.2) is 4.79 Å². The minimum absolute atomic E-state index is 0.172. The second-order valence-electron chi connectivity index (χ2n) is 5.74. The number of ether oxygens (including phenoxy) is 2. The zero-order valence-corrected chi connectivity index (χ0v) is 13.7. The standard InChI is InChI=1S/C15H24N2O7/c1-23-15(22)11(17-14(21)10(16)7-12(18)19)8-13(20)24-9-5-3-2-4-6-9/h9-11H,2-8,16H2,1H3,(H,17,21)(H,18,19). The van der Waals surface area contributed by atoms with Crippen LogP contribution in [0.15, 0.2) is 0 Å². The van der Waals surface area contributed by atoms with Gasteiger partial charge in [0, 0.05) is 0 Å². The number of rotatable bonds is 8. The molecule has 1 rings (SSSR count). The number of nitrogens with one attached hydrogen (secondary N) is 1. The molecular weight excluding hydrogens is 320 g/mol. The highest BCUT2D eigenvalue weighted by Crippen LogP contribution is 2.20. The highest BCUT2D eigenvalue weighted by atomic mass is 16.5. The van der Waals surface area contributed by atoms with Gasteiger partial charge in [0.1, 0.15) is 12.1 Å². The van der Waals surface area contributed by atoms with Crippen molar-refractivity contribution in [2.45, 2.75) is 63.1 Å². The van der Waals surface area contributed by atoms with Crippen LogP contribution < -0.4 is 11.1 Å². The molecule has 0 radical (unpaired) electrons. The van der Waals surface area contributed by atoms with Crippen molar-refractivity contribution in [3.8, 4) is 0 Å². The fourth-order valence-corrected chi connectivity index (χ4v) is 2.48. The number of hydrogen-bond acceptors (Lipinski definition) is 7. The summed E-state index contributed by atoms with van der Waals surface area (Å²) in [5.41, 5.74) is 5.43. The molecule has 1 aliphatic rings. The van der Waals surface area contributed by atoms with Gasteiger partial charge < -0.3 is 25.6 Å². The van der Waals surface area contributed by atoms with Gasteiger partial charge in [0.05, 0.1) is 26.0 Å². The number of aliphatic carboxylic acids is 1. The number of hydrogen-bond donors (Lipinski definition) is 3. The zero-order valence-electron chi connectivity index (χ0n) is 13.7. The molecule has 9 nitrogen and oxygen atoms in total. The van der Waals surface area contributed by atoms with E-state index in [2.05, 4.69) is 10.1 Å². The van der Waals surface area contributed by atoms with Crippen LogP contribution in [0.5, 0.6) is 0 Å². The molecule has 4 N–H and O–H groups in total. The van der Waals surface area contributed by atoms with Gasteiger partial charge in [-0.3, -0.25) is 14.4 Å². The second kappa shape index (κ2) is 9.86. The third-order valence-corrected chi connectivity index (χ3v) is 3.75. The van der Waals surface area contributed by atoms with Crippen LogP contribution in [0.1, 0.15) is 44.9 Å². The van der Waals surface area contributed by atoms with Crippen LogP contribution in [-0.2, 0) is 28.7 Å². The number of carbonyl (C=O) groups excluding carboxylic acids is 3. The summed E-state index contributed by atoms with van der Waals surface area (Å²) < 4.78 is 9.85. The third-order valence-electron chi connectivity index (χ3n) is 3.75. The van der Waals surface area contributed by atoms with Crippen LogP contribution in [0.2, 0.25) is 0 Å². The Labute approximate surface area is 139 Å². The highest BCUT2D eigenvalue weighted by molar-refractivity contribution is 5.91. The minimum Gasteiger partial charge on any atom is -0.481 e. The zero-order chi connectivity index (χ0) is 18.1. The van der Waals surface area contributed by atoms with E-state index in [4.69, 9.17) is 15.6 Å². The lowest BCUT2D eigenvalue weighted by Crippen LogP contribution is -2.50. The quantitative estimate of drug-likeness (QED) is 0.509.